The molecule has 84 valence electrons. The topological polar surface area (TPSA) is 47.1 Å². The Morgan fingerprint density at radius 3 is 2.67 bits per heavy atom. The maximum Gasteiger partial charge on any atom is 0.114 e. The highest BCUT2D eigenvalue weighted by molar-refractivity contribution is 5.08. The zero-order valence-electron chi connectivity index (χ0n) is 9.56. The third kappa shape index (κ3) is 1.86. The van der Waals surface area contributed by atoms with Crippen molar-refractivity contribution in [3.8, 4) is 0 Å². The minimum absolute atomic E-state index is 0.552. The summed E-state index contributed by atoms with van der Waals surface area (Å²) in [6.07, 6.45) is 7.57. The lowest BCUT2D eigenvalue weighted by molar-refractivity contribution is 0.331. The molecule has 0 bridgehead atoms. The number of nitrogens with zero attached hydrogens (tertiary/aromatic N) is 3. The fraction of sp³-hybridized carbons (Fsp3) is 0.727. The summed E-state index contributed by atoms with van der Waals surface area (Å²) >= 11 is 0. The average molecular weight is 208 g/mol. The molecular weight excluding hydrogens is 188 g/mol. The van der Waals surface area contributed by atoms with E-state index >= 15 is 0 Å². The van der Waals surface area contributed by atoms with Crippen LogP contribution in [-0.2, 0) is 6.54 Å². The first kappa shape index (κ1) is 10.5. The number of hydrogen-bond acceptors (Lipinski definition) is 3. The molecule has 15 heavy (non-hydrogen) atoms. The first-order valence-electron chi connectivity index (χ1n) is 5.74. The van der Waals surface area contributed by atoms with Crippen molar-refractivity contribution >= 4 is 0 Å². The summed E-state index contributed by atoms with van der Waals surface area (Å²) < 4.78 is 2.13. The molecule has 1 fully saturated rings. The lowest BCUT2D eigenvalue weighted by atomic mass is 10.00. The quantitative estimate of drug-likeness (QED) is 0.795. The van der Waals surface area contributed by atoms with Crippen molar-refractivity contribution in [1.82, 2.24) is 9.66 Å². The Morgan fingerprint density at radius 2 is 2.07 bits per heavy atom. The number of piperidine rings is 1. The molecule has 1 saturated heterocycles. The third-order valence-electron chi connectivity index (χ3n) is 3.30. The monoisotopic (exact) mass is 208 g/mol. The van der Waals surface area contributed by atoms with Gasteiger partial charge in [0.05, 0.1) is 11.9 Å². The molecule has 1 aromatic heterocycles. The molecular formula is C11H20N4. The minimum atomic E-state index is 0.552. The molecule has 2 atom stereocenters. The van der Waals surface area contributed by atoms with Gasteiger partial charge in [0.15, 0.2) is 0 Å². The maximum absolute atomic E-state index is 5.71. The van der Waals surface area contributed by atoms with Crippen molar-refractivity contribution in [3.63, 3.8) is 0 Å². The summed E-state index contributed by atoms with van der Waals surface area (Å²) in [4.78, 5) is 4.18. The van der Waals surface area contributed by atoms with Crippen LogP contribution in [0.15, 0.2) is 12.5 Å². The fourth-order valence-electron chi connectivity index (χ4n) is 2.50. The zero-order chi connectivity index (χ0) is 10.8. The molecule has 0 aliphatic carbocycles. The Kier molecular flexibility index (Phi) is 2.95. The van der Waals surface area contributed by atoms with Crippen LogP contribution in [-0.4, -0.2) is 21.7 Å². The second-order valence-corrected chi connectivity index (χ2v) is 4.44. The van der Waals surface area contributed by atoms with E-state index in [2.05, 4.69) is 28.5 Å². The normalized spacial score (nSPS) is 27.0. The van der Waals surface area contributed by atoms with Crippen LogP contribution in [0, 0.1) is 0 Å². The van der Waals surface area contributed by atoms with Gasteiger partial charge in [0, 0.05) is 18.6 Å². The molecule has 4 heteroatoms. The van der Waals surface area contributed by atoms with Crippen molar-refractivity contribution < 1.29 is 0 Å². The van der Waals surface area contributed by atoms with Gasteiger partial charge in [-0.15, -0.1) is 0 Å². The van der Waals surface area contributed by atoms with E-state index in [0.717, 1.165) is 5.69 Å². The molecule has 0 spiro atoms. The summed E-state index contributed by atoms with van der Waals surface area (Å²) in [6, 6.07) is 1.15. The molecule has 0 radical (unpaired) electrons. The number of aromatic nitrogens is 2. The highest BCUT2D eigenvalue weighted by Gasteiger charge is 2.25. The van der Waals surface area contributed by atoms with Crippen LogP contribution in [0.1, 0.15) is 38.8 Å². The molecule has 1 aliphatic heterocycles. The van der Waals surface area contributed by atoms with E-state index < -0.39 is 0 Å². The lowest BCUT2D eigenvalue weighted by Crippen LogP contribution is -2.51. The SMILES string of the molecule is CC1CCCC(C)N1n1cncc1CN. The van der Waals surface area contributed by atoms with Crippen molar-refractivity contribution in [3.05, 3.63) is 18.2 Å². The summed E-state index contributed by atoms with van der Waals surface area (Å²) in [5.74, 6) is 0. The van der Waals surface area contributed by atoms with E-state index in [-0.39, 0.29) is 0 Å². The zero-order valence-corrected chi connectivity index (χ0v) is 9.56. The van der Waals surface area contributed by atoms with Crippen LogP contribution in [0.4, 0.5) is 0 Å². The van der Waals surface area contributed by atoms with Gasteiger partial charge in [-0.25, -0.2) is 9.66 Å². The highest BCUT2D eigenvalue weighted by Crippen LogP contribution is 2.21. The van der Waals surface area contributed by atoms with Crippen molar-refractivity contribution in [2.75, 3.05) is 5.01 Å². The first-order valence-corrected chi connectivity index (χ1v) is 5.74. The predicted octanol–water partition coefficient (Wildman–Crippen LogP) is 1.24. The molecule has 0 aromatic carbocycles. The first-order chi connectivity index (χ1) is 7.24. The van der Waals surface area contributed by atoms with Gasteiger partial charge in [-0.2, -0.15) is 0 Å². The number of rotatable bonds is 2. The van der Waals surface area contributed by atoms with E-state index in [9.17, 15) is 0 Å². The second-order valence-electron chi connectivity index (χ2n) is 4.44. The van der Waals surface area contributed by atoms with E-state index in [1.807, 2.05) is 12.5 Å². The van der Waals surface area contributed by atoms with Gasteiger partial charge in [0.1, 0.15) is 6.33 Å². The van der Waals surface area contributed by atoms with Crippen molar-refractivity contribution in [2.24, 2.45) is 5.73 Å². The Morgan fingerprint density at radius 1 is 1.40 bits per heavy atom. The van der Waals surface area contributed by atoms with E-state index in [1.165, 1.54) is 19.3 Å². The number of hydrogen-bond donors (Lipinski definition) is 1. The molecule has 1 aromatic rings. The standard InChI is InChI=1S/C11H20N4/c1-9-4-3-5-10(2)15(9)14-8-13-7-11(14)6-12/h7-10H,3-6,12H2,1-2H3. The number of imidazole rings is 1. The molecule has 1 aliphatic rings. The smallest absolute Gasteiger partial charge is 0.114 e. The Hall–Kier alpha value is -1.03. The third-order valence-corrected chi connectivity index (χ3v) is 3.30. The molecule has 2 heterocycles. The Labute approximate surface area is 91.1 Å². The molecule has 0 saturated carbocycles. The van der Waals surface area contributed by atoms with Gasteiger partial charge < -0.3 is 10.7 Å². The molecule has 2 N–H and O–H groups in total. The predicted molar refractivity (Wildman–Crippen MR) is 61.1 cm³/mol. The number of nitrogens with two attached hydrogens (primary N) is 1. The minimum Gasteiger partial charge on any atom is -0.325 e. The van der Waals surface area contributed by atoms with Gasteiger partial charge in [0.25, 0.3) is 0 Å². The van der Waals surface area contributed by atoms with E-state index in [1.54, 1.807) is 0 Å². The summed E-state index contributed by atoms with van der Waals surface area (Å²) in [6.45, 7) is 5.10. The van der Waals surface area contributed by atoms with E-state index in [4.69, 9.17) is 5.73 Å². The van der Waals surface area contributed by atoms with Gasteiger partial charge in [0.2, 0.25) is 0 Å². The van der Waals surface area contributed by atoms with Crippen LogP contribution < -0.4 is 10.7 Å². The summed E-state index contributed by atoms with van der Waals surface area (Å²) in [5, 5.41) is 2.40. The van der Waals surface area contributed by atoms with E-state index in [0.29, 0.717) is 18.6 Å². The Bertz CT molecular complexity index is 310. The van der Waals surface area contributed by atoms with Crippen molar-refractivity contribution in [2.45, 2.75) is 51.7 Å². The maximum atomic E-state index is 5.71. The molecule has 0 amide bonds. The van der Waals surface area contributed by atoms with Gasteiger partial charge in [-0.1, -0.05) is 0 Å². The fourth-order valence-corrected chi connectivity index (χ4v) is 2.50. The summed E-state index contributed by atoms with van der Waals surface area (Å²) in [7, 11) is 0. The highest BCUT2D eigenvalue weighted by atomic mass is 15.6. The van der Waals surface area contributed by atoms with Crippen LogP contribution in [0.5, 0.6) is 0 Å². The van der Waals surface area contributed by atoms with Crippen molar-refractivity contribution in [1.29, 1.82) is 0 Å². The van der Waals surface area contributed by atoms with Gasteiger partial charge in [-0.3, -0.25) is 0 Å². The van der Waals surface area contributed by atoms with Crippen LogP contribution in [0.25, 0.3) is 0 Å². The van der Waals surface area contributed by atoms with Crippen LogP contribution >= 0.6 is 0 Å². The lowest BCUT2D eigenvalue weighted by Gasteiger charge is -2.41. The molecule has 4 nitrogen and oxygen atoms in total. The Balaban J connectivity index is 2.27. The average Bonchev–Trinajstić information content (AvgIpc) is 2.65. The van der Waals surface area contributed by atoms with Gasteiger partial charge in [-0.05, 0) is 33.1 Å². The molecule has 2 unspecified atom stereocenters. The largest absolute Gasteiger partial charge is 0.325 e. The van der Waals surface area contributed by atoms with Crippen LogP contribution in [0.3, 0.4) is 0 Å². The summed E-state index contributed by atoms with van der Waals surface area (Å²) in [5.41, 5.74) is 6.80. The van der Waals surface area contributed by atoms with Gasteiger partial charge >= 0.3 is 0 Å². The second kappa shape index (κ2) is 4.23. The van der Waals surface area contributed by atoms with Crippen LogP contribution in [0.2, 0.25) is 0 Å². The molecule has 2 rings (SSSR count).